The minimum atomic E-state index is -1.27. The van der Waals surface area contributed by atoms with Crippen LogP contribution >= 0.6 is 0 Å². The number of nitrogens with zero attached hydrogens (tertiary/aromatic N) is 1. The molecular weight excluding hydrogens is 254 g/mol. The van der Waals surface area contributed by atoms with E-state index in [9.17, 15) is 13.6 Å². The molecule has 4 nitrogen and oxygen atoms in total. The first kappa shape index (κ1) is 15.5. The summed E-state index contributed by atoms with van der Waals surface area (Å²) in [7, 11) is 1.60. The average Bonchev–Trinajstić information content (AvgIpc) is 2.37. The van der Waals surface area contributed by atoms with Gasteiger partial charge in [0.2, 0.25) is 5.95 Å². The highest BCUT2D eigenvalue weighted by atomic mass is 19.2. The monoisotopic (exact) mass is 272 g/mol. The number of methoxy groups -OCH3 is 1. The third kappa shape index (κ3) is 4.55. The van der Waals surface area contributed by atoms with Gasteiger partial charge in [0.05, 0.1) is 5.56 Å². The molecule has 0 saturated carbocycles. The highest BCUT2D eigenvalue weighted by Crippen LogP contribution is 2.19. The van der Waals surface area contributed by atoms with Crippen molar-refractivity contribution in [3.8, 4) is 0 Å². The van der Waals surface area contributed by atoms with Crippen molar-refractivity contribution >= 4 is 5.91 Å². The van der Waals surface area contributed by atoms with Crippen LogP contribution in [0.15, 0.2) is 12.3 Å². The average molecular weight is 272 g/mol. The van der Waals surface area contributed by atoms with Crippen LogP contribution in [0.2, 0.25) is 0 Å². The zero-order chi connectivity index (χ0) is 14.5. The second-order valence-electron chi connectivity index (χ2n) is 5.05. The molecule has 0 fully saturated rings. The Morgan fingerprint density at radius 3 is 2.79 bits per heavy atom. The van der Waals surface area contributed by atoms with Crippen molar-refractivity contribution < 1.29 is 18.3 Å². The van der Waals surface area contributed by atoms with E-state index in [0.29, 0.717) is 13.2 Å². The number of pyridine rings is 1. The van der Waals surface area contributed by atoms with Gasteiger partial charge in [-0.2, -0.15) is 4.39 Å². The molecule has 0 bridgehead atoms. The van der Waals surface area contributed by atoms with Crippen LogP contribution in [0, 0.1) is 17.2 Å². The van der Waals surface area contributed by atoms with E-state index in [0.717, 1.165) is 18.7 Å². The molecule has 1 aromatic rings. The SMILES string of the molecule is COCCC(C)(C)CNC(=O)c1ccnc(F)c1F. The van der Waals surface area contributed by atoms with Crippen molar-refractivity contribution in [1.82, 2.24) is 10.3 Å². The summed E-state index contributed by atoms with van der Waals surface area (Å²) in [4.78, 5) is 14.9. The molecular formula is C13H18F2N2O2. The summed E-state index contributed by atoms with van der Waals surface area (Å²) < 4.78 is 31.2. The summed E-state index contributed by atoms with van der Waals surface area (Å²) in [6.07, 6.45) is 1.81. The molecule has 1 N–H and O–H groups in total. The zero-order valence-corrected chi connectivity index (χ0v) is 11.3. The summed E-state index contributed by atoms with van der Waals surface area (Å²) in [6.45, 7) is 4.82. The quantitative estimate of drug-likeness (QED) is 0.807. The fourth-order valence-corrected chi connectivity index (χ4v) is 1.48. The van der Waals surface area contributed by atoms with Crippen LogP contribution in [-0.2, 0) is 4.74 Å². The molecule has 0 unspecified atom stereocenters. The van der Waals surface area contributed by atoms with Crippen LogP contribution in [0.1, 0.15) is 30.6 Å². The Bertz CT molecular complexity index is 450. The number of nitrogens with one attached hydrogen (secondary N) is 1. The van der Waals surface area contributed by atoms with Gasteiger partial charge >= 0.3 is 0 Å². The molecule has 0 aromatic carbocycles. The maximum absolute atomic E-state index is 13.4. The Kier molecular flexibility index (Phi) is 5.35. The van der Waals surface area contributed by atoms with Gasteiger partial charge in [-0.15, -0.1) is 0 Å². The number of ether oxygens (including phenoxy) is 1. The Morgan fingerprint density at radius 1 is 1.47 bits per heavy atom. The Hall–Kier alpha value is -1.56. The summed E-state index contributed by atoms with van der Waals surface area (Å²) in [5.74, 6) is -3.15. The molecule has 0 saturated heterocycles. The largest absolute Gasteiger partial charge is 0.385 e. The van der Waals surface area contributed by atoms with Crippen molar-refractivity contribution in [1.29, 1.82) is 0 Å². The zero-order valence-electron chi connectivity index (χ0n) is 11.3. The van der Waals surface area contributed by atoms with Crippen molar-refractivity contribution in [2.24, 2.45) is 5.41 Å². The normalized spacial score (nSPS) is 11.4. The molecule has 0 aliphatic heterocycles. The van der Waals surface area contributed by atoms with Crippen LogP contribution in [0.5, 0.6) is 0 Å². The van der Waals surface area contributed by atoms with Crippen molar-refractivity contribution in [2.75, 3.05) is 20.3 Å². The molecule has 106 valence electrons. The lowest BCUT2D eigenvalue weighted by Gasteiger charge is -2.24. The van der Waals surface area contributed by atoms with Crippen molar-refractivity contribution in [3.05, 3.63) is 29.6 Å². The van der Waals surface area contributed by atoms with Crippen LogP contribution in [0.3, 0.4) is 0 Å². The van der Waals surface area contributed by atoms with Gasteiger partial charge < -0.3 is 10.1 Å². The Labute approximate surface area is 111 Å². The maximum Gasteiger partial charge on any atom is 0.254 e. The molecule has 6 heteroatoms. The van der Waals surface area contributed by atoms with Gasteiger partial charge in [0, 0.05) is 26.5 Å². The van der Waals surface area contributed by atoms with Gasteiger partial charge in [-0.1, -0.05) is 13.8 Å². The number of halogens is 2. The summed E-state index contributed by atoms with van der Waals surface area (Å²) >= 11 is 0. The summed E-state index contributed by atoms with van der Waals surface area (Å²) in [5, 5.41) is 2.59. The van der Waals surface area contributed by atoms with Gasteiger partial charge in [-0.05, 0) is 17.9 Å². The minimum Gasteiger partial charge on any atom is -0.385 e. The van der Waals surface area contributed by atoms with Gasteiger partial charge in [-0.25, -0.2) is 9.37 Å². The van der Waals surface area contributed by atoms with E-state index in [4.69, 9.17) is 4.74 Å². The third-order valence-electron chi connectivity index (χ3n) is 2.80. The minimum absolute atomic E-state index is 0.187. The molecule has 1 amide bonds. The first-order valence-corrected chi connectivity index (χ1v) is 5.94. The number of carbonyl (C=O) groups excluding carboxylic acids is 1. The highest BCUT2D eigenvalue weighted by Gasteiger charge is 2.21. The van der Waals surface area contributed by atoms with Crippen LogP contribution < -0.4 is 5.32 Å². The third-order valence-corrected chi connectivity index (χ3v) is 2.80. The van der Waals surface area contributed by atoms with Crippen LogP contribution in [0.25, 0.3) is 0 Å². The molecule has 1 aromatic heterocycles. The van der Waals surface area contributed by atoms with E-state index in [1.54, 1.807) is 7.11 Å². The number of carbonyl (C=O) groups is 1. The number of aromatic nitrogens is 1. The van der Waals surface area contributed by atoms with Gasteiger partial charge in [-0.3, -0.25) is 4.79 Å². The Morgan fingerprint density at radius 2 is 2.16 bits per heavy atom. The molecule has 0 aliphatic carbocycles. The highest BCUT2D eigenvalue weighted by molar-refractivity contribution is 5.94. The molecule has 0 spiro atoms. The predicted octanol–water partition coefficient (Wildman–Crippen LogP) is 2.15. The molecule has 19 heavy (non-hydrogen) atoms. The standard InChI is InChI=1S/C13H18F2N2O2/c1-13(2,5-7-19-3)8-17-12(18)9-4-6-16-11(15)10(9)14/h4,6H,5,7-8H2,1-3H3,(H,17,18). The fourth-order valence-electron chi connectivity index (χ4n) is 1.48. The molecule has 0 atom stereocenters. The molecule has 0 aliphatic rings. The second-order valence-corrected chi connectivity index (χ2v) is 5.05. The van der Waals surface area contributed by atoms with E-state index in [-0.39, 0.29) is 11.0 Å². The van der Waals surface area contributed by atoms with E-state index >= 15 is 0 Å². The van der Waals surface area contributed by atoms with Crippen molar-refractivity contribution in [3.63, 3.8) is 0 Å². The lowest BCUT2D eigenvalue weighted by atomic mass is 9.89. The smallest absolute Gasteiger partial charge is 0.254 e. The number of hydrogen-bond donors (Lipinski definition) is 1. The van der Waals surface area contributed by atoms with Crippen molar-refractivity contribution in [2.45, 2.75) is 20.3 Å². The van der Waals surface area contributed by atoms with Crippen LogP contribution in [-0.4, -0.2) is 31.2 Å². The van der Waals surface area contributed by atoms with E-state index in [1.165, 1.54) is 0 Å². The van der Waals surface area contributed by atoms with E-state index < -0.39 is 17.7 Å². The molecule has 1 heterocycles. The van der Waals surface area contributed by atoms with Gasteiger partial charge in [0.1, 0.15) is 0 Å². The van der Waals surface area contributed by atoms with Crippen LogP contribution in [0.4, 0.5) is 8.78 Å². The lowest BCUT2D eigenvalue weighted by molar-refractivity contribution is 0.0915. The summed E-state index contributed by atoms with van der Waals surface area (Å²) in [5.41, 5.74) is -0.525. The van der Waals surface area contributed by atoms with Gasteiger partial charge in [0.15, 0.2) is 5.82 Å². The maximum atomic E-state index is 13.4. The lowest BCUT2D eigenvalue weighted by Crippen LogP contribution is -2.35. The van der Waals surface area contributed by atoms with E-state index in [2.05, 4.69) is 10.3 Å². The molecule has 1 rings (SSSR count). The first-order valence-electron chi connectivity index (χ1n) is 5.94. The molecule has 0 radical (unpaired) electrons. The summed E-state index contributed by atoms with van der Waals surface area (Å²) in [6, 6.07) is 1.15. The fraction of sp³-hybridized carbons (Fsp3) is 0.538. The first-order chi connectivity index (χ1) is 8.87. The number of hydrogen-bond acceptors (Lipinski definition) is 3. The van der Waals surface area contributed by atoms with Gasteiger partial charge in [0.25, 0.3) is 5.91 Å². The number of rotatable bonds is 6. The second kappa shape index (κ2) is 6.56. The topological polar surface area (TPSA) is 51.2 Å². The number of amides is 1. The Balaban J connectivity index is 2.63. The predicted molar refractivity (Wildman–Crippen MR) is 66.8 cm³/mol. The van der Waals surface area contributed by atoms with E-state index in [1.807, 2.05) is 13.8 Å².